The molecule has 2 aromatic rings. The molecule has 0 bridgehead atoms. The summed E-state index contributed by atoms with van der Waals surface area (Å²) in [6.45, 7) is 1.31. The Hall–Kier alpha value is -1.95. The minimum Gasteiger partial charge on any atom is -0.350 e. The highest BCUT2D eigenvalue weighted by atomic mass is 32.2. The molecule has 1 aliphatic heterocycles. The Balaban J connectivity index is 1.93. The second-order valence-electron chi connectivity index (χ2n) is 6.09. The van der Waals surface area contributed by atoms with Gasteiger partial charge in [-0.1, -0.05) is 36.8 Å². The molecule has 2 heterocycles. The number of nitrogens with one attached hydrogen (secondary N) is 1. The predicted octanol–water partition coefficient (Wildman–Crippen LogP) is 2.38. The van der Waals surface area contributed by atoms with Crippen molar-refractivity contribution in [2.24, 2.45) is 0 Å². The van der Waals surface area contributed by atoms with Crippen molar-refractivity contribution in [3.63, 3.8) is 0 Å². The number of fused-ring (bicyclic) bond motifs is 1. The number of aromatic nitrogens is 2. The van der Waals surface area contributed by atoms with Crippen LogP contribution in [0.1, 0.15) is 35.4 Å². The van der Waals surface area contributed by atoms with Crippen molar-refractivity contribution in [3.05, 3.63) is 41.7 Å². The molecule has 1 atom stereocenters. The largest absolute Gasteiger partial charge is 0.350 e. The Kier molecular flexibility index (Phi) is 5.45. The van der Waals surface area contributed by atoms with Crippen LogP contribution in [0.2, 0.25) is 0 Å². The normalized spacial score (nSPS) is 15.4. The van der Waals surface area contributed by atoms with E-state index in [4.69, 9.17) is 0 Å². The van der Waals surface area contributed by atoms with Crippen LogP contribution in [0.5, 0.6) is 0 Å². The van der Waals surface area contributed by atoms with Crippen LogP contribution in [0.15, 0.2) is 30.3 Å². The summed E-state index contributed by atoms with van der Waals surface area (Å²) in [5, 5.41) is 2.86. The van der Waals surface area contributed by atoms with Gasteiger partial charge in [-0.2, -0.15) is 0 Å². The van der Waals surface area contributed by atoms with Gasteiger partial charge in [-0.05, 0) is 19.3 Å². The predicted molar refractivity (Wildman–Crippen MR) is 96.5 cm³/mol. The number of hydrogen-bond donors (Lipinski definition) is 1. The maximum atomic E-state index is 12.6. The topological polar surface area (TPSA) is 64.0 Å². The molecule has 5 nitrogen and oxygen atoms in total. The van der Waals surface area contributed by atoms with E-state index in [2.05, 4.69) is 14.9 Å². The summed E-state index contributed by atoms with van der Waals surface area (Å²) in [5.41, 5.74) is 2.59. The summed E-state index contributed by atoms with van der Waals surface area (Å²) in [4.78, 5) is 17.2. The van der Waals surface area contributed by atoms with Crippen molar-refractivity contribution in [3.8, 4) is 11.4 Å². The first-order valence-electron chi connectivity index (χ1n) is 8.40. The molecule has 0 aliphatic carbocycles. The minimum atomic E-state index is -0.908. The van der Waals surface area contributed by atoms with E-state index in [0.717, 1.165) is 42.9 Å². The number of benzene rings is 1. The smallest absolute Gasteiger partial charge is 0.271 e. The number of amides is 1. The molecule has 1 aliphatic rings. The molecule has 1 amide bonds. The fourth-order valence-electron chi connectivity index (χ4n) is 3.10. The third-order valence-corrected chi connectivity index (χ3v) is 5.07. The highest BCUT2D eigenvalue weighted by molar-refractivity contribution is 7.84. The molecule has 0 saturated heterocycles. The van der Waals surface area contributed by atoms with Crippen LogP contribution >= 0.6 is 0 Å². The number of carbonyl (C=O) groups excluding carboxylic acids is 1. The molecule has 0 radical (unpaired) electrons. The van der Waals surface area contributed by atoms with Gasteiger partial charge in [0, 0.05) is 41.5 Å². The molecule has 128 valence electrons. The fourth-order valence-corrected chi connectivity index (χ4v) is 3.49. The number of hydrogen-bond acceptors (Lipinski definition) is 3. The van der Waals surface area contributed by atoms with Gasteiger partial charge in [0.05, 0.1) is 5.69 Å². The fraction of sp³-hybridized carbons (Fsp3) is 0.444. The van der Waals surface area contributed by atoms with E-state index in [1.54, 1.807) is 6.26 Å². The molecule has 3 rings (SSSR count). The van der Waals surface area contributed by atoms with Gasteiger partial charge in [0.15, 0.2) is 0 Å². The standard InChI is InChI=1S/C18H23N3O2S/c1-24(23)13-11-19-18(22)16-15-10-6-3-7-12-21(15)17(20-16)14-8-4-2-5-9-14/h2,4-5,8-9H,3,6-7,10-13H2,1H3,(H,19,22)/t24-/m0/s1. The molecule has 1 aromatic heterocycles. The van der Waals surface area contributed by atoms with Crippen molar-refractivity contribution < 1.29 is 9.00 Å². The van der Waals surface area contributed by atoms with Gasteiger partial charge in [-0.25, -0.2) is 4.98 Å². The molecule has 1 aromatic carbocycles. The molecule has 0 saturated carbocycles. The van der Waals surface area contributed by atoms with Crippen molar-refractivity contribution in [2.45, 2.75) is 32.2 Å². The van der Waals surface area contributed by atoms with Crippen LogP contribution < -0.4 is 5.32 Å². The van der Waals surface area contributed by atoms with Crippen LogP contribution in [-0.2, 0) is 23.8 Å². The lowest BCUT2D eigenvalue weighted by Crippen LogP contribution is -2.28. The maximum Gasteiger partial charge on any atom is 0.271 e. The molecule has 0 spiro atoms. The highest BCUT2D eigenvalue weighted by Gasteiger charge is 2.23. The van der Waals surface area contributed by atoms with Gasteiger partial charge in [-0.3, -0.25) is 9.00 Å². The second-order valence-corrected chi connectivity index (χ2v) is 7.65. The Morgan fingerprint density at radius 3 is 2.79 bits per heavy atom. The molecular weight excluding hydrogens is 322 g/mol. The van der Waals surface area contributed by atoms with Crippen LogP contribution in [0, 0.1) is 0 Å². The zero-order chi connectivity index (χ0) is 16.9. The lowest BCUT2D eigenvalue weighted by Gasteiger charge is -2.09. The summed E-state index contributed by atoms with van der Waals surface area (Å²) in [5.74, 6) is 1.18. The van der Waals surface area contributed by atoms with E-state index in [1.165, 1.54) is 6.42 Å². The summed E-state index contributed by atoms with van der Waals surface area (Å²) in [7, 11) is -0.908. The third-order valence-electron chi connectivity index (χ3n) is 4.29. The number of rotatable bonds is 5. The van der Waals surface area contributed by atoms with E-state index in [1.807, 2.05) is 30.3 Å². The van der Waals surface area contributed by atoms with Gasteiger partial charge in [-0.15, -0.1) is 0 Å². The first-order chi connectivity index (χ1) is 11.7. The summed E-state index contributed by atoms with van der Waals surface area (Å²) in [6, 6.07) is 10.0. The number of imidazole rings is 1. The summed E-state index contributed by atoms with van der Waals surface area (Å²) >= 11 is 0. The monoisotopic (exact) mass is 345 g/mol. The Morgan fingerprint density at radius 2 is 2.04 bits per heavy atom. The van der Waals surface area contributed by atoms with Crippen molar-refractivity contribution >= 4 is 16.7 Å². The van der Waals surface area contributed by atoms with E-state index in [9.17, 15) is 9.00 Å². The third kappa shape index (κ3) is 3.75. The molecular formula is C18H23N3O2S. The average molecular weight is 345 g/mol. The van der Waals surface area contributed by atoms with Gasteiger partial charge in [0.25, 0.3) is 5.91 Å². The van der Waals surface area contributed by atoms with Gasteiger partial charge in [0.1, 0.15) is 11.5 Å². The lowest BCUT2D eigenvalue weighted by molar-refractivity contribution is 0.0950. The van der Waals surface area contributed by atoms with Gasteiger partial charge < -0.3 is 9.88 Å². The van der Waals surface area contributed by atoms with Crippen molar-refractivity contribution in [1.82, 2.24) is 14.9 Å². The quantitative estimate of drug-likeness (QED) is 0.905. The summed E-state index contributed by atoms with van der Waals surface area (Å²) < 4.78 is 13.4. The van der Waals surface area contributed by atoms with E-state index in [0.29, 0.717) is 18.0 Å². The Morgan fingerprint density at radius 1 is 1.25 bits per heavy atom. The van der Waals surface area contributed by atoms with Crippen molar-refractivity contribution in [2.75, 3.05) is 18.6 Å². The maximum absolute atomic E-state index is 12.6. The molecule has 1 N–H and O–H groups in total. The first kappa shape index (κ1) is 16.9. The van der Waals surface area contributed by atoms with Crippen LogP contribution in [-0.4, -0.2) is 38.2 Å². The average Bonchev–Trinajstić information content (AvgIpc) is 2.77. The summed E-state index contributed by atoms with van der Waals surface area (Å²) in [6.07, 6.45) is 5.88. The van der Waals surface area contributed by atoms with Gasteiger partial charge in [0.2, 0.25) is 0 Å². The second kappa shape index (κ2) is 7.75. The molecule has 6 heteroatoms. The molecule has 0 unspecified atom stereocenters. The van der Waals surface area contributed by atoms with Crippen LogP contribution in [0.4, 0.5) is 0 Å². The number of carbonyl (C=O) groups is 1. The Bertz CT molecular complexity index is 740. The van der Waals surface area contributed by atoms with E-state index < -0.39 is 10.8 Å². The first-order valence-corrected chi connectivity index (χ1v) is 10.1. The molecule has 0 fully saturated rings. The van der Waals surface area contributed by atoms with E-state index >= 15 is 0 Å². The Labute approximate surface area is 144 Å². The van der Waals surface area contributed by atoms with Crippen LogP contribution in [0.3, 0.4) is 0 Å². The minimum absolute atomic E-state index is 0.159. The zero-order valence-electron chi connectivity index (χ0n) is 14.0. The lowest BCUT2D eigenvalue weighted by atomic mass is 10.1. The molecule has 24 heavy (non-hydrogen) atoms. The van der Waals surface area contributed by atoms with Gasteiger partial charge >= 0.3 is 0 Å². The number of nitrogens with zero attached hydrogens (tertiary/aromatic N) is 2. The van der Waals surface area contributed by atoms with Crippen molar-refractivity contribution in [1.29, 1.82) is 0 Å². The van der Waals surface area contributed by atoms with E-state index in [-0.39, 0.29) is 5.91 Å². The van der Waals surface area contributed by atoms with Crippen LogP contribution in [0.25, 0.3) is 11.4 Å². The SMILES string of the molecule is C[S@](=O)CCNC(=O)c1nc(-c2ccccc2)n2c1CCCCC2. The zero-order valence-corrected chi connectivity index (χ0v) is 14.8. The highest BCUT2D eigenvalue weighted by Crippen LogP contribution is 2.27.